The zero-order chi connectivity index (χ0) is 13.5. The molecule has 0 radical (unpaired) electrons. The molecule has 0 N–H and O–H groups in total. The first-order valence-electron chi connectivity index (χ1n) is 6.38. The molecule has 0 spiro atoms. The molecule has 1 aromatic rings. The number of carbonyl (C=O) groups excluding carboxylic acids is 1. The number of aromatic nitrogens is 2. The molecular weight excluding hydrogens is 230 g/mol. The van der Waals surface area contributed by atoms with Gasteiger partial charge in [-0.15, -0.1) is 0 Å². The Balaban J connectivity index is 2.57. The van der Waals surface area contributed by atoms with Gasteiger partial charge in [0, 0.05) is 25.3 Å². The van der Waals surface area contributed by atoms with Crippen molar-refractivity contribution in [3.63, 3.8) is 0 Å². The standard InChI is InChI=1S/C13H23N3O2/c1-5-15(7-6-13(17)18-4)9-12-8-14-10-16(12)11(2)3/h8,10-11H,5-7,9H2,1-4H3. The molecule has 1 rings (SSSR count). The SMILES string of the molecule is CCN(CCC(=O)OC)Cc1cncn1C(C)C. The third-order valence-electron chi connectivity index (χ3n) is 3.00. The van der Waals surface area contributed by atoms with Crippen LogP contribution in [0.1, 0.15) is 38.9 Å². The normalized spacial score (nSPS) is 11.2. The minimum absolute atomic E-state index is 0.161. The number of hydrogen-bond donors (Lipinski definition) is 0. The Morgan fingerprint density at radius 3 is 2.83 bits per heavy atom. The summed E-state index contributed by atoms with van der Waals surface area (Å²) in [6, 6.07) is 0.404. The average Bonchev–Trinajstić information content (AvgIpc) is 2.82. The molecular formula is C13H23N3O2. The topological polar surface area (TPSA) is 47.4 Å². The predicted octanol–water partition coefficient (Wildman–Crippen LogP) is 1.85. The number of carbonyl (C=O) groups is 1. The van der Waals surface area contributed by atoms with E-state index in [1.54, 1.807) is 0 Å². The predicted molar refractivity (Wildman–Crippen MR) is 70.2 cm³/mol. The summed E-state index contributed by atoms with van der Waals surface area (Å²) in [4.78, 5) is 17.5. The molecule has 0 fully saturated rings. The molecule has 102 valence electrons. The highest BCUT2D eigenvalue weighted by molar-refractivity contribution is 5.69. The van der Waals surface area contributed by atoms with Crippen LogP contribution in [0.15, 0.2) is 12.5 Å². The Bertz CT molecular complexity index is 374. The van der Waals surface area contributed by atoms with E-state index < -0.39 is 0 Å². The molecule has 0 amide bonds. The summed E-state index contributed by atoms with van der Waals surface area (Å²) in [6.07, 6.45) is 4.18. The lowest BCUT2D eigenvalue weighted by Crippen LogP contribution is -2.27. The van der Waals surface area contributed by atoms with E-state index in [0.29, 0.717) is 19.0 Å². The summed E-state index contributed by atoms with van der Waals surface area (Å²) in [5, 5.41) is 0. The Labute approximate surface area is 109 Å². The smallest absolute Gasteiger partial charge is 0.306 e. The van der Waals surface area contributed by atoms with Crippen LogP contribution in [0.2, 0.25) is 0 Å². The largest absolute Gasteiger partial charge is 0.469 e. The lowest BCUT2D eigenvalue weighted by molar-refractivity contribution is -0.141. The van der Waals surface area contributed by atoms with Gasteiger partial charge in [-0.3, -0.25) is 9.69 Å². The second-order valence-corrected chi connectivity index (χ2v) is 4.58. The molecule has 0 atom stereocenters. The Hall–Kier alpha value is -1.36. The van der Waals surface area contributed by atoms with Crippen molar-refractivity contribution in [1.82, 2.24) is 14.5 Å². The lowest BCUT2D eigenvalue weighted by atomic mass is 10.3. The molecule has 0 unspecified atom stereocenters. The molecule has 0 aromatic carbocycles. The number of ether oxygens (including phenoxy) is 1. The van der Waals surface area contributed by atoms with Gasteiger partial charge >= 0.3 is 5.97 Å². The highest BCUT2D eigenvalue weighted by atomic mass is 16.5. The molecule has 0 aliphatic heterocycles. The first-order chi connectivity index (χ1) is 8.58. The van der Waals surface area contributed by atoms with Gasteiger partial charge in [-0.1, -0.05) is 6.92 Å². The third kappa shape index (κ3) is 4.14. The highest BCUT2D eigenvalue weighted by Crippen LogP contribution is 2.11. The van der Waals surface area contributed by atoms with Crippen molar-refractivity contribution in [1.29, 1.82) is 0 Å². The molecule has 18 heavy (non-hydrogen) atoms. The quantitative estimate of drug-likeness (QED) is 0.696. The van der Waals surface area contributed by atoms with Crippen LogP contribution in [0.25, 0.3) is 0 Å². The van der Waals surface area contributed by atoms with Crippen molar-refractivity contribution in [2.75, 3.05) is 20.2 Å². The molecule has 0 bridgehead atoms. The average molecular weight is 253 g/mol. The van der Waals surface area contributed by atoms with Crippen LogP contribution < -0.4 is 0 Å². The van der Waals surface area contributed by atoms with Gasteiger partial charge in [0.15, 0.2) is 0 Å². The zero-order valence-electron chi connectivity index (χ0n) is 11.7. The van der Waals surface area contributed by atoms with Crippen molar-refractivity contribution in [3.05, 3.63) is 18.2 Å². The molecule has 1 aromatic heterocycles. The zero-order valence-corrected chi connectivity index (χ0v) is 11.7. The van der Waals surface area contributed by atoms with Crippen molar-refractivity contribution in [2.45, 2.75) is 39.8 Å². The van der Waals surface area contributed by atoms with Crippen LogP contribution in [0.5, 0.6) is 0 Å². The fourth-order valence-electron chi connectivity index (χ4n) is 1.85. The van der Waals surface area contributed by atoms with Gasteiger partial charge < -0.3 is 9.30 Å². The molecule has 5 nitrogen and oxygen atoms in total. The number of nitrogens with zero attached hydrogens (tertiary/aromatic N) is 3. The van der Waals surface area contributed by atoms with Crippen molar-refractivity contribution < 1.29 is 9.53 Å². The molecule has 0 saturated heterocycles. The number of hydrogen-bond acceptors (Lipinski definition) is 4. The fraction of sp³-hybridized carbons (Fsp3) is 0.692. The highest BCUT2D eigenvalue weighted by Gasteiger charge is 2.11. The molecule has 0 aliphatic rings. The van der Waals surface area contributed by atoms with Crippen molar-refractivity contribution in [3.8, 4) is 0 Å². The maximum atomic E-state index is 11.1. The van der Waals surface area contributed by atoms with Gasteiger partial charge in [0.05, 0.1) is 25.6 Å². The number of methoxy groups -OCH3 is 1. The van der Waals surface area contributed by atoms with E-state index in [0.717, 1.165) is 13.1 Å². The minimum Gasteiger partial charge on any atom is -0.469 e. The number of esters is 1. The first-order valence-corrected chi connectivity index (χ1v) is 6.38. The molecule has 5 heteroatoms. The van der Waals surface area contributed by atoms with Gasteiger partial charge in [0.25, 0.3) is 0 Å². The second kappa shape index (κ2) is 7.16. The van der Waals surface area contributed by atoms with Crippen LogP contribution in [-0.2, 0) is 16.1 Å². The summed E-state index contributed by atoms with van der Waals surface area (Å²) in [6.45, 7) is 8.79. The lowest BCUT2D eigenvalue weighted by Gasteiger charge is -2.21. The molecule has 0 aliphatic carbocycles. The van der Waals surface area contributed by atoms with Crippen molar-refractivity contribution in [2.24, 2.45) is 0 Å². The maximum absolute atomic E-state index is 11.1. The number of rotatable bonds is 7. The van der Waals surface area contributed by atoms with Crippen LogP contribution in [0.3, 0.4) is 0 Å². The summed E-state index contributed by atoms with van der Waals surface area (Å²) in [5.41, 5.74) is 1.18. The van der Waals surface area contributed by atoms with E-state index in [9.17, 15) is 4.79 Å². The van der Waals surface area contributed by atoms with Gasteiger partial charge in [0.2, 0.25) is 0 Å². The molecule has 0 saturated carbocycles. The number of imidazole rings is 1. The summed E-state index contributed by atoms with van der Waals surface area (Å²) in [7, 11) is 1.42. The van der Waals surface area contributed by atoms with Gasteiger partial charge in [-0.2, -0.15) is 0 Å². The summed E-state index contributed by atoms with van der Waals surface area (Å²) in [5.74, 6) is -0.161. The second-order valence-electron chi connectivity index (χ2n) is 4.58. The Morgan fingerprint density at radius 2 is 2.28 bits per heavy atom. The van der Waals surface area contributed by atoms with E-state index in [-0.39, 0.29) is 5.97 Å². The van der Waals surface area contributed by atoms with E-state index in [4.69, 9.17) is 0 Å². The summed E-state index contributed by atoms with van der Waals surface area (Å²) >= 11 is 0. The monoisotopic (exact) mass is 253 g/mol. The van der Waals surface area contributed by atoms with Gasteiger partial charge in [0.1, 0.15) is 0 Å². The Kier molecular flexibility index (Phi) is 5.85. The van der Waals surface area contributed by atoms with E-state index in [2.05, 4.69) is 40.0 Å². The van der Waals surface area contributed by atoms with E-state index in [1.807, 2.05) is 12.5 Å². The van der Waals surface area contributed by atoms with Gasteiger partial charge in [-0.25, -0.2) is 4.98 Å². The maximum Gasteiger partial charge on any atom is 0.306 e. The fourth-order valence-corrected chi connectivity index (χ4v) is 1.85. The third-order valence-corrected chi connectivity index (χ3v) is 3.00. The Morgan fingerprint density at radius 1 is 1.56 bits per heavy atom. The first kappa shape index (κ1) is 14.7. The summed E-state index contributed by atoms with van der Waals surface area (Å²) < 4.78 is 6.81. The molecule has 1 heterocycles. The van der Waals surface area contributed by atoms with E-state index >= 15 is 0 Å². The van der Waals surface area contributed by atoms with Crippen LogP contribution in [0, 0.1) is 0 Å². The van der Waals surface area contributed by atoms with Gasteiger partial charge in [-0.05, 0) is 20.4 Å². The van der Waals surface area contributed by atoms with Crippen LogP contribution in [-0.4, -0.2) is 40.6 Å². The van der Waals surface area contributed by atoms with E-state index in [1.165, 1.54) is 12.8 Å². The van der Waals surface area contributed by atoms with Crippen LogP contribution in [0.4, 0.5) is 0 Å². The van der Waals surface area contributed by atoms with Crippen molar-refractivity contribution >= 4 is 5.97 Å². The van der Waals surface area contributed by atoms with Crippen LogP contribution >= 0.6 is 0 Å². The minimum atomic E-state index is -0.161.